The molecule has 0 radical (unpaired) electrons. The second-order valence-electron chi connectivity index (χ2n) is 7.05. The van der Waals surface area contributed by atoms with Crippen LogP contribution < -0.4 is 14.2 Å². The minimum atomic E-state index is -0.495. The topological polar surface area (TPSA) is 66.4 Å². The van der Waals surface area contributed by atoms with Crippen molar-refractivity contribution in [1.82, 2.24) is 0 Å². The Bertz CT molecular complexity index is 1060. The fraction of sp³-hybridized carbons (Fsp3) is 0.250. The lowest BCUT2D eigenvalue weighted by atomic mass is 9.99. The average molecular weight is 459 g/mol. The van der Waals surface area contributed by atoms with Crippen LogP contribution in [0.4, 0.5) is 4.39 Å². The molecule has 4 rings (SSSR count). The zero-order valence-electron chi connectivity index (χ0n) is 17.6. The second kappa shape index (κ2) is 10.1. The molecule has 8 heteroatoms. The fourth-order valence-corrected chi connectivity index (χ4v) is 4.71. The predicted octanol–water partition coefficient (Wildman–Crippen LogP) is 5.46. The van der Waals surface area contributed by atoms with E-state index in [0.29, 0.717) is 16.4 Å². The Hall–Kier alpha value is -2.94. The number of hydrogen-bond donors (Lipinski definition) is 1. The van der Waals surface area contributed by atoms with Crippen molar-refractivity contribution in [3.05, 3.63) is 77.6 Å². The minimum absolute atomic E-state index is 0.0559. The van der Waals surface area contributed by atoms with Crippen molar-refractivity contribution in [2.24, 2.45) is 0 Å². The largest absolute Gasteiger partial charge is 0.508 e. The van der Waals surface area contributed by atoms with Crippen LogP contribution in [0.3, 0.4) is 0 Å². The van der Waals surface area contributed by atoms with Crippen LogP contribution in [0.25, 0.3) is 0 Å². The summed E-state index contributed by atoms with van der Waals surface area (Å²) < 4.78 is 42.4. The van der Waals surface area contributed by atoms with Gasteiger partial charge in [-0.1, -0.05) is 24.3 Å². The Balaban J connectivity index is 1.74. The van der Waals surface area contributed by atoms with Crippen molar-refractivity contribution in [3.8, 4) is 23.0 Å². The highest BCUT2D eigenvalue weighted by Gasteiger charge is 2.36. The van der Waals surface area contributed by atoms with Gasteiger partial charge in [-0.15, -0.1) is 11.8 Å². The Labute approximate surface area is 189 Å². The summed E-state index contributed by atoms with van der Waals surface area (Å²) in [5.74, 6) is 0.831. The highest BCUT2D eigenvalue weighted by Crippen LogP contribution is 2.55. The molecule has 0 aliphatic carbocycles. The molecule has 0 aromatic heterocycles. The van der Waals surface area contributed by atoms with Crippen LogP contribution in [0.5, 0.6) is 23.0 Å². The number of methoxy groups -OCH3 is 2. The molecular weight excluding hydrogens is 435 g/mol. The number of fused-ring (bicyclic) bond motifs is 1. The summed E-state index contributed by atoms with van der Waals surface area (Å²) in [5, 5.41) is 9.42. The standard InChI is InChI=1S/C24H23FO6S/c1-27-13-29-18-5-3-4-16(12-18)23-22(15-6-8-17(26)9-7-15)31-20-11-10-19(30-14-28-2)21(25)24(20)32-23/h3-12,22-23,26H,13-14H2,1-2H3. The molecule has 1 N–H and O–H groups in total. The van der Waals surface area contributed by atoms with Gasteiger partial charge >= 0.3 is 0 Å². The molecule has 6 nitrogen and oxygen atoms in total. The van der Waals surface area contributed by atoms with Crippen LogP contribution in [0, 0.1) is 5.82 Å². The number of ether oxygens (including phenoxy) is 5. The molecule has 0 saturated heterocycles. The number of benzene rings is 3. The lowest BCUT2D eigenvalue weighted by molar-refractivity contribution is 0.0476. The molecule has 0 fully saturated rings. The molecule has 1 heterocycles. The van der Waals surface area contributed by atoms with Crippen molar-refractivity contribution in [3.63, 3.8) is 0 Å². The first kappa shape index (κ1) is 22.3. The van der Waals surface area contributed by atoms with Crippen molar-refractivity contribution in [2.45, 2.75) is 16.2 Å². The first-order valence-corrected chi connectivity index (χ1v) is 10.8. The van der Waals surface area contributed by atoms with Gasteiger partial charge < -0.3 is 28.8 Å². The quantitative estimate of drug-likeness (QED) is 0.450. The van der Waals surface area contributed by atoms with E-state index < -0.39 is 11.9 Å². The number of thioether (sulfide) groups is 1. The SMILES string of the molecule is COCOc1cccc(C2Sc3c(ccc(OCOC)c3F)OC2c2ccc(O)cc2)c1. The van der Waals surface area contributed by atoms with Gasteiger partial charge in [0, 0.05) is 14.2 Å². The molecule has 0 spiro atoms. The normalized spacial score (nSPS) is 17.3. The van der Waals surface area contributed by atoms with E-state index in [9.17, 15) is 5.11 Å². The third-order valence-electron chi connectivity index (χ3n) is 4.88. The molecule has 0 amide bonds. The Kier molecular flexibility index (Phi) is 7.04. The highest BCUT2D eigenvalue weighted by atomic mass is 32.2. The third kappa shape index (κ3) is 4.77. The molecule has 0 saturated carbocycles. The van der Waals surface area contributed by atoms with Crippen molar-refractivity contribution in [1.29, 1.82) is 0 Å². The maximum absolute atomic E-state index is 15.2. The Morgan fingerprint density at radius 2 is 1.69 bits per heavy atom. The van der Waals surface area contributed by atoms with Crippen LogP contribution in [-0.2, 0) is 9.47 Å². The maximum Gasteiger partial charge on any atom is 0.188 e. The lowest BCUT2D eigenvalue weighted by Gasteiger charge is -2.34. The van der Waals surface area contributed by atoms with Crippen molar-refractivity contribution in [2.75, 3.05) is 27.8 Å². The first-order chi connectivity index (χ1) is 15.6. The Morgan fingerprint density at radius 3 is 2.44 bits per heavy atom. The van der Waals surface area contributed by atoms with Gasteiger partial charge in [0.25, 0.3) is 0 Å². The summed E-state index contributed by atoms with van der Waals surface area (Å²) in [6.45, 7) is 0.0660. The summed E-state index contributed by atoms with van der Waals surface area (Å²) in [6.07, 6.45) is -0.420. The fourth-order valence-electron chi connectivity index (χ4n) is 3.40. The number of phenolic OH excluding ortho intramolecular Hbond substituents is 1. The average Bonchev–Trinajstić information content (AvgIpc) is 2.82. The summed E-state index contributed by atoms with van der Waals surface area (Å²) in [6, 6.07) is 17.6. The van der Waals surface area contributed by atoms with Gasteiger partial charge in [0.2, 0.25) is 0 Å². The number of aromatic hydroxyl groups is 1. The van der Waals surface area contributed by atoms with Crippen LogP contribution >= 0.6 is 11.8 Å². The molecule has 2 unspecified atom stereocenters. The van der Waals surface area contributed by atoms with Crippen molar-refractivity contribution >= 4 is 11.8 Å². The summed E-state index contributed by atoms with van der Waals surface area (Å²) in [7, 11) is 3.03. The molecule has 168 valence electrons. The molecule has 32 heavy (non-hydrogen) atoms. The number of rotatable bonds is 8. The second-order valence-corrected chi connectivity index (χ2v) is 8.20. The molecule has 3 aromatic rings. The van der Waals surface area contributed by atoms with E-state index in [-0.39, 0.29) is 30.3 Å². The molecule has 0 bridgehead atoms. The Morgan fingerprint density at radius 1 is 0.938 bits per heavy atom. The van der Waals surface area contributed by atoms with Crippen LogP contribution in [0.2, 0.25) is 0 Å². The third-order valence-corrected chi connectivity index (χ3v) is 6.27. The van der Waals surface area contributed by atoms with Gasteiger partial charge in [0.1, 0.15) is 23.4 Å². The molecule has 2 atom stereocenters. The van der Waals surface area contributed by atoms with Gasteiger partial charge in [0.05, 0.1) is 10.1 Å². The lowest BCUT2D eigenvalue weighted by Crippen LogP contribution is -2.20. The zero-order valence-corrected chi connectivity index (χ0v) is 18.4. The highest BCUT2D eigenvalue weighted by molar-refractivity contribution is 7.99. The minimum Gasteiger partial charge on any atom is -0.508 e. The van der Waals surface area contributed by atoms with E-state index in [2.05, 4.69) is 0 Å². The number of halogens is 1. The van der Waals surface area contributed by atoms with E-state index >= 15 is 4.39 Å². The number of phenols is 1. The first-order valence-electron chi connectivity index (χ1n) is 9.89. The number of hydrogen-bond acceptors (Lipinski definition) is 7. The van der Waals surface area contributed by atoms with E-state index in [1.54, 1.807) is 37.4 Å². The van der Waals surface area contributed by atoms with Crippen LogP contribution in [-0.4, -0.2) is 32.9 Å². The molecule has 1 aliphatic heterocycles. The van der Waals surface area contributed by atoms with E-state index in [1.165, 1.54) is 24.9 Å². The van der Waals surface area contributed by atoms with Gasteiger partial charge in [-0.25, -0.2) is 4.39 Å². The van der Waals surface area contributed by atoms with Gasteiger partial charge in [0.15, 0.2) is 25.2 Å². The van der Waals surface area contributed by atoms with Gasteiger partial charge in [-0.3, -0.25) is 0 Å². The van der Waals surface area contributed by atoms with Crippen LogP contribution in [0.1, 0.15) is 22.5 Å². The van der Waals surface area contributed by atoms with E-state index in [1.807, 2.05) is 24.3 Å². The van der Waals surface area contributed by atoms with E-state index in [0.717, 1.165) is 11.1 Å². The smallest absolute Gasteiger partial charge is 0.188 e. The maximum atomic E-state index is 15.2. The predicted molar refractivity (Wildman–Crippen MR) is 118 cm³/mol. The zero-order chi connectivity index (χ0) is 22.5. The summed E-state index contributed by atoms with van der Waals surface area (Å²) in [4.78, 5) is 0.363. The monoisotopic (exact) mass is 458 g/mol. The van der Waals surface area contributed by atoms with Crippen molar-refractivity contribution < 1.29 is 33.2 Å². The summed E-state index contributed by atoms with van der Waals surface area (Å²) >= 11 is 1.35. The summed E-state index contributed by atoms with van der Waals surface area (Å²) in [5.41, 5.74) is 1.75. The molecular formula is C24H23FO6S. The van der Waals surface area contributed by atoms with Gasteiger partial charge in [-0.05, 0) is 47.5 Å². The molecule has 3 aromatic carbocycles. The van der Waals surface area contributed by atoms with E-state index in [4.69, 9.17) is 23.7 Å². The van der Waals surface area contributed by atoms with Crippen LogP contribution in [0.15, 0.2) is 65.6 Å². The molecule has 1 aliphatic rings. The van der Waals surface area contributed by atoms with Gasteiger partial charge in [-0.2, -0.15) is 0 Å².